The summed E-state index contributed by atoms with van der Waals surface area (Å²) < 4.78 is 5.47. The molecule has 0 spiro atoms. The second-order valence-corrected chi connectivity index (χ2v) is 21.7. The van der Waals surface area contributed by atoms with E-state index in [0.717, 1.165) is 44.9 Å². The zero-order valence-corrected chi connectivity index (χ0v) is 47.3. The molecule has 6 heteroatoms. The summed E-state index contributed by atoms with van der Waals surface area (Å²) in [6.07, 6.45) is 73.6. The molecule has 0 aliphatic heterocycles. The number of esters is 1. The summed E-state index contributed by atoms with van der Waals surface area (Å²) in [7, 11) is 0. The highest BCUT2D eigenvalue weighted by molar-refractivity contribution is 5.76. The first kappa shape index (κ1) is 68.3. The van der Waals surface area contributed by atoms with Crippen LogP contribution in [0.2, 0.25) is 0 Å². The standard InChI is InChI=1S/C64H123NO5/c1-3-5-7-9-11-13-15-17-18-19-26-29-33-36-40-44-48-52-56-62(67)61(60-66)65-63(68)57-53-49-45-41-37-34-30-27-24-22-20-21-23-25-28-31-35-39-43-47-51-55-59-70-64(69)58-54-50-46-42-38-32-16-14-12-10-8-6-4-2/h14,16,52,56,61-62,66-67H,3-13,15,17-51,53-55,57-60H2,1-2H3,(H,65,68)/b16-14-,56-52+. The molecule has 3 N–H and O–H groups in total. The number of unbranched alkanes of at least 4 members (excludes halogenated alkanes) is 46. The number of aliphatic hydroxyl groups excluding tert-OH is 2. The Kier molecular flexibility index (Phi) is 58.5. The maximum atomic E-state index is 12.5. The van der Waals surface area contributed by atoms with E-state index in [4.69, 9.17) is 4.74 Å². The summed E-state index contributed by atoms with van der Waals surface area (Å²) >= 11 is 0. The van der Waals surface area contributed by atoms with Gasteiger partial charge in [0.05, 0.1) is 25.4 Å². The molecular weight excluding hydrogens is 863 g/mol. The lowest BCUT2D eigenvalue weighted by atomic mass is 10.0. The van der Waals surface area contributed by atoms with Gasteiger partial charge in [-0.05, 0) is 57.8 Å². The van der Waals surface area contributed by atoms with Crippen LogP contribution in [0.25, 0.3) is 0 Å². The maximum Gasteiger partial charge on any atom is 0.305 e. The number of amides is 1. The van der Waals surface area contributed by atoms with Gasteiger partial charge < -0.3 is 20.3 Å². The van der Waals surface area contributed by atoms with Crippen molar-refractivity contribution < 1.29 is 24.5 Å². The van der Waals surface area contributed by atoms with Gasteiger partial charge >= 0.3 is 5.97 Å². The molecule has 0 aromatic carbocycles. The van der Waals surface area contributed by atoms with E-state index >= 15 is 0 Å². The van der Waals surface area contributed by atoms with Crippen molar-refractivity contribution in [3.63, 3.8) is 0 Å². The van der Waals surface area contributed by atoms with Crippen LogP contribution >= 0.6 is 0 Å². The molecule has 0 fully saturated rings. The van der Waals surface area contributed by atoms with Crippen molar-refractivity contribution in [2.75, 3.05) is 13.2 Å². The van der Waals surface area contributed by atoms with Crippen LogP contribution in [0.5, 0.6) is 0 Å². The number of ether oxygens (including phenoxy) is 1. The first-order valence-electron chi connectivity index (χ1n) is 31.6. The molecular formula is C64H123NO5. The molecule has 1 amide bonds. The Labute approximate surface area is 437 Å². The fourth-order valence-electron chi connectivity index (χ4n) is 9.87. The highest BCUT2D eigenvalue weighted by Crippen LogP contribution is 2.18. The number of aliphatic hydroxyl groups is 2. The fourth-order valence-corrected chi connectivity index (χ4v) is 9.87. The van der Waals surface area contributed by atoms with Crippen LogP contribution in [-0.2, 0) is 14.3 Å². The molecule has 0 aliphatic rings. The van der Waals surface area contributed by atoms with Gasteiger partial charge in [0.15, 0.2) is 0 Å². The van der Waals surface area contributed by atoms with Gasteiger partial charge in [0, 0.05) is 12.8 Å². The zero-order valence-electron chi connectivity index (χ0n) is 47.3. The summed E-state index contributed by atoms with van der Waals surface area (Å²) in [6.45, 7) is 4.91. The second-order valence-electron chi connectivity index (χ2n) is 21.7. The molecule has 6 nitrogen and oxygen atoms in total. The average molecular weight is 987 g/mol. The third-order valence-corrected chi connectivity index (χ3v) is 14.7. The first-order chi connectivity index (χ1) is 34.5. The molecule has 0 aliphatic carbocycles. The van der Waals surface area contributed by atoms with Crippen molar-refractivity contribution in [1.82, 2.24) is 5.32 Å². The van der Waals surface area contributed by atoms with Crippen LogP contribution in [0.3, 0.4) is 0 Å². The minimum Gasteiger partial charge on any atom is -0.466 e. The second kappa shape index (κ2) is 59.9. The number of hydrogen-bond donors (Lipinski definition) is 3. The van der Waals surface area contributed by atoms with Gasteiger partial charge in [-0.1, -0.05) is 301 Å². The molecule has 2 unspecified atom stereocenters. The number of rotatable bonds is 59. The smallest absolute Gasteiger partial charge is 0.305 e. The molecule has 0 aromatic heterocycles. The Hall–Kier alpha value is -1.66. The van der Waals surface area contributed by atoms with E-state index in [9.17, 15) is 19.8 Å². The van der Waals surface area contributed by atoms with Gasteiger partial charge in [0.25, 0.3) is 0 Å². The van der Waals surface area contributed by atoms with Crippen molar-refractivity contribution >= 4 is 11.9 Å². The van der Waals surface area contributed by atoms with Crippen molar-refractivity contribution in [2.45, 2.75) is 360 Å². The zero-order chi connectivity index (χ0) is 50.7. The number of allylic oxidation sites excluding steroid dienone is 3. The van der Waals surface area contributed by atoms with E-state index in [-0.39, 0.29) is 18.5 Å². The van der Waals surface area contributed by atoms with Crippen molar-refractivity contribution in [3.8, 4) is 0 Å². The van der Waals surface area contributed by atoms with Crippen LogP contribution in [0.15, 0.2) is 24.3 Å². The largest absolute Gasteiger partial charge is 0.466 e. The van der Waals surface area contributed by atoms with Gasteiger partial charge in [-0.25, -0.2) is 0 Å². The van der Waals surface area contributed by atoms with Crippen LogP contribution in [-0.4, -0.2) is 47.4 Å². The topological polar surface area (TPSA) is 95.9 Å². The molecule has 0 rings (SSSR count). The Balaban J connectivity index is 3.41. The third kappa shape index (κ3) is 55.7. The Bertz CT molecular complexity index is 1090. The summed E-state index contributed by atoms with van der Waals surface area (Å²) in [5.74, 6) is -0.0617. The van der Waals surface area contributed by atoms with Gasteiger partial charge in [0.2, 0.25) is 5.91 Å². The molecule has 0 saturated heterocycles. The Morgan fingerprint density at radius 1 is 0.386 bits per heavy atom. The molecule has 0 bridgehead atoms. The first-order valence-corrected chi connectivity index (χ1v) is 31.6. The maximum absolute atomic E-state index is 12.5. The van der Waals surface area contributed by atoms with Crippen molar-refractivity contribution in [2.24, 2.45) is 0 Å². The number of carbonyl (C=O) groups excluding carboxylic acids is 2. The van der Waals surface area contributed by atoms with E-state index in [1.807, 2.05) is 6.08 Å². The van der Waals surface area contributed by atoms with E-state index < -0.39 is 12.1 Å². The van der Waals surface area contributed by atoms with Crippen LogP contribution < -0.4 is 5.32 Å². The quantitative estimate of drug-likeness (QED) is 0.0321. The van der Waals surface area contributed by atoms with E-state index in [0.29, 0.717) is 19.4 Å². The summed E-state index contributed by atoms with van der Waals surface area (Å²) in [5.41, 5.74) is 0. The van der Waals surface area contributed by atoms with E-state index in [2.05, 4.69) is 31.3 Å². The van der Waals surface area contributed by atoms with Crippen molar-refractivity contribution in [3.05, 3.63) is 24.3 Å². The van der Waals surface area contributed by atoms with Gasteiger partial charge in [-0.15, -0.1) is 0 Å². The lowest BCUT2D eigenvalue weighted by Crippen LogP contribution is -2.45. The summed E-state index contributed by atoms with van der Waals surface area (Å²) in [6, 6.07) is -0.628. The molecule has 414 valence electrons. The Morgan fingerprint density at radius 2 is 0.671 bits per heavy atom. The minimum absolute atomic E-state index is 0.00382. The highest BCUT2D eigenvalue weighted by Gasteiger charge is 2.18. The number of carbonyl (C=O) groups is 2. The van der Waals surface area contributed by atoms with Gasteiger partial charge in [0.1, 0.15) is 0 Å². The number of nitrogens with one attached hydrogen (secondary N) is 1. The predicted octanol–water partition coefficient (Wildman–Crippen LogP) is 19.8. The lowest BCUT2D eigenvalue weighted by Gasteiger charge is -2.20. The minimum atomic E-state index is -0.845. The van der Waals surface area contributed by atoms with Crippen LogP contribution in [0.1, 0.15) is 348 Å². The van der Waals surface area contributed by atoms with Gasteiger partial charge in [-0.3, -0.25) is 9.59 Å². The van der Waals surface area contributed by atoms with Gasteiger partial charge in [-0.2, -0.15) is 0 Å². The SMILES string of the molecule is CCCCCC/C=C\CCCCCCCC(=O)OCCCCCCCCCCCCCCCCCCCCCCCCC(=O)NC(CO)C(O)/C=C/CCCCCCCCCCCCCCCCCC. The molecule has 0 aromatic rings. The molecule has 70 heavy (non-hydrogen) atoms. The molecule has 0 saturated carbocycles. The molecule has 0 radical (unpaired) electrons. The van der Waals surface area contributed by atoms with Crippen LogP contribution in [0, 0.1) is 0 Å². The normalized spacial score (nSPS) is 12.7. The van der Waals surface area contributed by atoms with E-state index in [1.165, 1.54) is 276 Å². The van der Waals surface area contributed by atoms with E-state index in [1.54, 1.807) is 6.08 Å². The van der Waals surface area contributed by atoms with Crippen LogP contribution in [0.4, 0.5) is 0 Å². The highest BCUT2D eigenvalue weighted by atomic mass is 16.5. The molecule has 0 heterocycles. The predicted molar refractivity (Wildman–Crippen MR) is 306 cm³/mol. The fraction of sp³-hybridized carbons (Fsp3) is 0.906. The number of hydrogen-bond acceptors (Lipinski definition) is 5. The average Bonchev–Trinajstić information content (AvgIpc) is 3.36. The Morgan fingerprint density at radius 3 is 1.03 bits per heavy atom. The molecule has 2 atom stereocenters. The summed E-state index contributed by atoms with van der Waals surface area (Å²) in [4.78, 5) is 24.5. The van der Waals surface area contributed by atoms with Crippen molar-refractivity contribution in [1.29, 1.82) is 0 Å². The summed E-state index contributed by atoms with van der Waals surface area (Å²) in [5, 5.41) is 23.2. The monoisotopic (exact) mass is 986 g/mol. The lowest BCUT2D eigenvalue weighted by molar-refractivity contribution is -0.143. The third-order valence-electron chi connectivity index (χ3n) is 14.7.